The lowest BCUT2D eigenvalue weighted by Gasteiger charge is -1.98. The zero-order valence-corrected chi connectivity index (χ0v) is 6.73. The summed E-state index contributed by atoms with van der Waals surface area (Å²) in [6.45, 7) is 2.13. The van der Waals surface area contributed by atoms with Crippen molar-refractivity contribution in [3.63, 3.8) is 0 Å². The monoisotopic (exact) mass is 155 g/mol. The zero-order chi connectivity index (χ0) is 7.40. The first kappa shape index (κ1) is 7.55. The number of rotatable bonds is 2. The molecule has 1 nitrogen and oxygen atoms in total. The van der Waals surface area contributed by atoms with E-state index in [-0.39, 0.29) is 0 Å². The summed E-state index contributed by atoms with van der Waals surface area (Å²) in [5, 5.41) is 0.643. The summed E-state index contributed by atoms with van der Waals surface area (Å²) < 4.78 is 0. The SMILES string of the molecule is CCCc1cccnc1Cl. The molecule has 0 aromatic carbocycles. The maximum atomic E-state index is 5.79. The molecule has 1 heterocycles. The lowest BCUT2D eigenvalue weighted by Crippen LogP contribution is -1.85. The van der Waals surface area contributed by atoms with E-state index in [0.29, 0.717) is 5.15 Å². The first-order chi connectivity index (χ1) is 4.84. The highest BCUT2D eigenvalue weighted by Crippen LogP contribution is 2.12. The van der Waals surface area contributed by atoms with Crippen LogP contribution in [0.1, 0.15) is 18.9 Å². The first-order valence-electron chi connectivity index (χ1n) is 3.44. The van der Waals surface area contributed by atoms with Crippen molar-refractivity contribution in [2.24, 2.45) is 0 Å². The van der Waals surface area contributed by atoms with Crippen molar-refractivity contribution in [1.82, 2.24) is 4.98 Å². The molecule has 0 spiro atoms. The largest absolute Gasteiger partial charge is 0.244 e. The predicted octanol–water partition coefficient (Wildman–Crippen LogP) is 2.69. The molecule has 0 aliphatic rings. The normalized spacial score (nSPS) is 9.80. The Balaban J connectivity index is 2.81. The van der Waals surface area contributed by atoms with E-state index >= 15 is 0 Å². The molecule has 0 atom stereocenters. The first-order valence-corrected chi connectivity index (χ1v) is 3.81. The van der Waals surface area contributed by atoms with Gasteiger partial charge in [-0.2, -0.15) is 0 Å². The van der Waals surface area contributed by atoms with Crippen molar-refractivity contribution >= 4 is 11.6 Å². The number of aromatic nitrogens is 1. The van der Waals surface area contributed by atoms with E-state index in [1.165, 1.54) is 0 Å². The Hall–Kier alpha value is -0.560. The summed E-state index contributed by atoms with van der Waals surface area (Å²) in [6.07, 6.45) is 3.85. The van der Waals surface area contributed by atoms with Crippen LogP contribution in [-0.2, 0) is 6.42 Å². The topological polar surface area (TPSA) is 12.9 Å². The second-order valence-electron chi connectivity index (χ2n) is 2.20. The van der Waals surface area contributed by atoms with Crippen molar-refractivity contribution in [1.29, 1.82) is 0 Å². The van der Waals surface area contributed by atoms with Gasteiger partial charge in [-0.3, -0.25) is 0 Å². The van der Waals surface area contributed by atoms with Crippen LogP contribution < -0.4 is 0 Å². The fourth-order valence-corrected chi connectivity index (χ4v) is 1.09. The number of pyridine rings is 1. The minimum Gasteiger partial charge on any atom is -0.244 e. The van der Waals surface area contributed by atoms with Crippen LogP contribution in [0, 0.1) is 0 Å². The van der Waals surface area contributed by atoms with Gasteiger partial charge in [0.15, 0.2) is 0 Å². The molecule has 1 aromatic rings. The quantitative estimate of drug-likeness (QED) is 0.599. The third kappa shape index (κ3) is 1.71. The molecule has 10 heavy (non-hydrogen) atoms. The van der Waals surface area contributed by atoms with Gasteiger partial charge in [-0.05, 0) is 18.1 Å². The smallest absolute Gasteiger partial charge is 0.132 e. The van der Waals surface area contributed by atoms with Crippen molar-refractivity contribution in [2.75, 3.05) is 0 Å². The molecule has 54 valence electrons. The molecule has 0 amide bonds. The number of halogens is 1. The van der Waals surface area contributed by atoms with Crippen molar-refractivity contribution in [2.45, 2.75) is 19.8 Å². The fraction of sp³-hybridized carbons (Fsp3) is 0.375. The van der Waals surface area contributed by atoms with Gasteiger partial charge in [0.25, 0.3) is 0 Å². The Labute approximate surface area is 66.0 Å². The van der Waals surface area contributed by atoms with Crippen molar-refractivity contribution in [3.8, 4) is 0 Å². The van der Waals surface area contributed by atoms with Crippen molar-refractivity contribution in [3.05, 3.63) is 29.0 Å². The van der Waals surface area contributed by atoms with Crippen molar-refractivity contribution < 1.29 is 0 Å². The van der Waals surface area contributed by atoms with Crippen LogP contribution in [0.3, 0.4) is 0 Å². The van der Waals surface area contributed by atoms with Crippen LogP contribution in [0.15, 0.2) is 18.3 Å². The van der Waals surface area contributed by atoms with E-state index < -0.39 is 0 Å². The number of hydrogen-bond donors (Lipinski definition) is 0. The third-order valence-electron chi connectivity index (χ3n) is 1.36. The highest BCUT2D eigenvalue weighted by molar-refractivity contribution is 6.30. The summed E-state index contributed by atoms with van der Waals surface area (Å²) in [5.74, 6) is 0. The summed E-state index contributed by atoms with van der Waals surface area (Å²) in [7, 11) is 0. The van der Waals surface area contributed by atoms with Gasteiger partial charge in [0.05, 0.1) is 0 Å². The maximum Gasteiger partial charge on any atom is 0.132 e. The van der Waals surface area contributed by atoms with Gasteiger partial charge in [-0.15, -0.1) is 0 Å². The summed E-state index contributed by atoms with van der Waals surface area (Å²) in [4.78, 5) is 3.96. The highest BCUT2D eigenvalue weighted by atomic mass is 35.5. The van der Waals surface area contributed by atoms with Gasteiger partial charge in [0, 0.05) is 6.20 Å². The summed E-state index contributed by atoms with van der Waals surface area (Å²) in [5.41, 5.74) is 1.15. The number of hydrogen-bond acceptors (Lipinski definition) is 1. The lowest BCUT2D eigenvalue weighted by atomic mass is 10.2. The van der Waals surface area contributed by atoms with E-state index in [9.17, 15) is 0 Å². The lowest BCUT2D eigenvalue weighted by molar-refractivity contribution is 0.914. The minimum atomic E-state index is 0.643. The van der Waals surface area contributed by atoms with Gasteiger partial charge in [0.1, 0.15) is 5.15 Å². The molecule has 2 heteroatoms. The average molecular weight is 156 g/mol. The molecule has 1 aromatic heterocycles. The van der Waals surface area contributed by atoms with E-state index in [4.69, 9.17) is 11.6 Å². The van der Waals surface area contributed by atoms with Gasteiger partial charge in [0.2, 0.25) is 0 Å². The van der Waals surface area contributed by atoms with Gasteiger partial charge < -0.3 is 0 Å². The van der Waals surface area contributed by atoms with Crippen LogP contribution in [0.25, 0.3) is 0 Å². The number of nitrogens with zero attached hydrogens (tertiary/aromatic N) is 1. The van der Waals surface area contributed by atoms with Crippen LogP contribution in [0.2, 0.25) is 5.15 Å². The van der Waals surface area contributed by atoms with Gasteiger partial charge in [-0.1, -0.05) is 31.0 Å². The van der Waals surface area contributed by atoms with E-state index in [2.05, 4.69) is 11.9 Å². The van der Waals surface area contributed by atoms with Crippen LogP contribution in [-0.4, -0.2) is 4.98 Å². The maximum absolute atomic E-state index is 5.79. The standard InChI is InChI=1S/C8H10ClN/c1-2-4-7-5-3-6-10-8(7)9/h3,5-6H,2,4H2,1H3. The predicted molar refractivity (Wildman–Crippen MR) is 43.2 cm³/mol. The van der Waals surface area contributed by atoms with E-state index in [1.54, 1.807) is 6.20 Å². The second kappa shape index (κ2) is 3.57. The Morgan fingerprint density at radius 2 is 2.40 bits per heavy atom. The molecule has 0 bridgehead atoms. The van der Waals surface area contributed by atoms with E-state index in [1.807, 2.05) is 12.1 Å². The Bertz CT molecular complexity index is 210. The minimum absolute atomic E-state index is 0.643. The summed E-state index contributed by atoms with van der Waals surface area (Å²) >= 11 is 5.79. The van der Waals surface area contributed by atoms with E-state index in [0.717, 1.165) is 18.4 Å². The molecule has 1 rings (SSSR count). The molecular formula is C8H10ClN. The van der Waals surface area contributed by atoms with Crippen LogP contribution >= 0.6 is 11.6 Å². The molecule has 0 N–H and O–H groups in total. The van der Waals surface area contributed by atoms with Gasteiger partial charge >= 0.3 is 0 Å². The molecule has 0 saturated carbocycles. The second-order valence-corrected chi connectivity index (χ2v) is 2.56. The average Bonchev–Trinajstić information content (AvgIpc) is 1.94. The number of aryl methyl sites for hydroxylation is 1. The molecular weight excluding hydrogens is 146 g/mol. The summed E-state index contributed by atoms with van der Waals surface area (Å²) in [6, 6.07) is 3.93. The third-order valence-corrected chi connectivity index (χ3v) is 1.70. The Morgan fingerprint density at radius 3 is 3.00 bits per heavy atom. The molecule has 0 aliphatic carbocycles. The molecule has 0 saturated heterocycles. The molecule has 0 unspecified atom stereocenters. The molecule has 0 aliphatic heterocycles. The molecule has 0 fully saturated rings. The highest BCUT2D eigenvalue weighted by Gasteiger charge is 1.96. The fourth-order valence-electron chi connectivity index (χ4n) is 0.875. The zero-order valence-electron chi connectivity index (χ0n) is 5.97. The Kier molecular flexibility index (Phi) is 2.69. The van der Waals surface area contributed by atoms with Gasteiger partial charge in [-0.25, -0.2) is 4.98 Å². The van der Waals surface area contributed by atoms with Crippen LogP contribution in [0.4, 0.5) is 0 Å². The Morgan fingerprint density at radius 1 is 1.60 bits per heavy atom. The van der Waals surface area contributed by atoms with Crippen LogP contribution in [0.5, 0.6) is 0 Å². The molecule has 0 radical (unpaired) electrons.